The van der Waals surface area contributed by atoms with Crippen LogP contribution in [0.3, 0.4) is 0 Å². The van der Waals surface area contributed by atoms with Crippen LogP contribution < -0.4 is 18.2 Å². The van der Waals surface area contributed by atoms with E-state index in [1.54, 1.807) is 0 Å². The first-order valence-electron chi connectivity index (χ1n) is 5.79. The number of para-hydroxylation sites is 1. The first kappa shape index (κ1) is 18.6. The van der Waals surface area contributed by atoms with Crippen LogP contribution in [-0.2, 0) is 4.74 Å². The number of aromatic nitrogens is 1. The quantitative estimate of drug-likeness (QED) is 0.384. The predicted molar refractivity (Wildman–Crippen MR) is 101 cm³/mol. The van der Waals surface area contributed by atoms with Crippen molar-refractivity contribution in [1.82, 2.24) is 0 Å². The number of hydrogen-bond donors (Lipinski definition) is 0. The van der Waals surface area contributed by atoms with Gasteiger partial charge in [-0.05, 0) is 53.6 Å². The van der Waals surface area contributed by atoms with Crippen LogP contribution in [-0.4, -0.2) is 13.2 Å². The SMILES string of the molecule is C1CCOC1.I[I-]I.Ic1cccc2ccc[nH+]c12. The van der Waals surface area contributed by atoms with Gasteiger partial charge in [-0.2, -0.15) is 0 Å². The van der Waals surface area contributed by atoms with Crippen molar-refractivity contribution in [3.8, 4) is 0 Å². The summed E-state index contributed by atoms with van der Waals surface area (Å²) in [7, 11) is 0. The number of benzene rings is 1. The van der Waals surface area contributed by atoms with E-state index in [0.717, 1.165) is 13.2 Å². The van der Waals surface area contributed by atoms with E-state index < -0.39 is 0 Å². The number of aromatic amines is 1. The van der Waals surface area contributed by atoms with Crippen molar-refractivity contribution in [2.24, 2.45) is 0 Å². The summed E-state index contributed by atoms with van der Waals surface area (Å²) < 4.78 is 6.21. The molecule has 1 aliphatic heterocycles. The Balaban J connectivity index is 0.000000188. The Hall–Kier alpha value is 1.51. The largest absolute Gasteiger partial charge is 0.224 e. The third kappa shape index (κ3) is 7.90. The van der Waals surface area contributed by atoms with Crippen LogP contribution >= 0.6 is 59.8 Å². The van der Waals surface area contributed by atoms with Crippen LogP contribution in [0, 0.1) is 3.57 Å². The molecule has 1 fully saturated rings. The number of ether oxygens (including phenoxy) is 1. The molecule has 1 aromatic heterocycles. The van der Waals surface area contributed by atoms with Gasteiger partial charge in [-0.25, -0.2) is 4.98 Å². The molecule has 0 unspecified atom stereocenters. The molecule has 2 aromatic rings. The third-order valence-corrected chi connectivity index (χ3v) is 3.37. The Morgan fingerprint density at radius 1 is 1.05 bits per heavy atom. The zero-order valence-corrected chi connectivity index (χ0v) is 18.8. The van der Waals surface area contributed by atoms with E-state index in [1.165, 1.54) is 27.3 Å². The maximum absolute atomic E-state index is 4.94. The first-order valence-corrected chi connectivity index (χ1v) is 19.4. The summed E-state index contributed by atoms with van der Waals surface area (Å²) in [6.45, 7) is 2.00. The maximum atomic E-state index is 4.94. The van der Waals surface area contributed by atoms with Crippen molar-refractivity contribution in [2.75, 3.05) is 13.2 Å². The number of hydrogen-bond acceptors (Lipinski definition) is 1. The summed E-state index contributed by atoms with van der Waals surface area (Å²) in [6, 6.07) is 10.4. The molecule has 2 nitrogen and oxygen atoms in total. The summed E-state index contributed by atoms with van der Waals surface area (Å²) in [5, 5.41) is 1.26. The van der Waals surface area contributed by atoms with Crippen LogP contribution in [0.4, 0.5) is 0 Å². The van der Waals surface area contributed by atoms with Gasteiger partial charge in [0.05, 0.1) is 3.57 Å². The molecule has 3 rings (SSSR count). The summed E-state index contributed by atoms with van der Waals surface area (Å²) >= 11 is 7.63. The monoisotopic (exact) mass is 709 g/mol. The summed E-state index contributed by atoms with van der Waals surface area (Å²) in [4.78, 5) is 3.21. The molecule has 1 N–H and O–H groups in total. The Morgan fingerprint density at radius 2 is 1.68 bits per heavy atom. The second kappa shape index (κ2) is 12.1. The van der Waals surface area contributed by atoms with E-state index in [1.807, 2.05) is 12.3 Å². The number of H-pyrrole nitrogens is 1. The molecule has 0 atom stereocenters. The molecule has 6 heteroatoms. The van der Waals surface area contributed by atoms with Crippen LogP contribution in [0.15, 0.2) is 36.5 Å². The van der Waals surface area contributed by atoms with E-state index in [4.69, 9.17) is 4.74 Å². The van der Waals surface area contributed by atoms with Crippen molar-refractivity contribution >= 4 is 70.7 Å². The topological polar surface area (TPSA) is 23.4 Å². The summed E-state index contributed by atoms with van der Waals surface area (Å²) in [5.41, 5.74) is 1.22. The van der Waals surface area contributed by atoms with E-state index in [-0.39, 0.29) is 0 Å². The molecule has 1 saturated heterocycles. The molecular formula is C13H15I4NO. The third-order valence-electron chi connectivity index (χ3n) is 2.47. The van der Waals surface area contributed by atoms with E-state index >= 15 is 0 Å². The van der Waals surface area contributed by atoms with Crippen LogP contribution in [0.25, 0.3) is 10.9 Å². The molecule has 1 aliphatic rings. The van der Waals surface area contributed by atoms with E-state index in [9.17, 15) is 0 Å². The average molecular weight is 709 g/mol. The number of rotatable bonds is 0. The fraction of sp³-hybridized carbons (Fsp3) is 0.308. The average Bonchev–Trinajstić information content (AvgIpc) is 2.99. The molecule has 1 aromatic carbocycles. The Morgan fingerprint density at radius 3 is 2.21 bits per heavy atom. The summed E-state index contributed by atoms with van der Waals surface area (Å²) in [5.74, 6) is 0. The van der Waals surface area contributed by atoms with Gasteiger partial charge in [0.15, 0.2) is 6.20 Å². The van der Waals surface area contributed by atoms with Gasteiger partial charge in [-0.15, -0.1) is 0 Å². The normalized spacial score (nSPS) is 13.4. The molecule has 0 aliphatic carbocycles. The smallest absolute Gasteiger partial charge is 0.210 e. The molecule has 0 amide bonds. The maximum Gasteiger partial charge on any atom is 0.224 e. The Labute approximate surface area is 157 Å². The van der Waals surface area contributed by atoms with Gasteiger partial charge in [0.1, 0.15) is 0 Å². The van der Waals surface area contributed by atoms with Gasteiger partial charge >= 0.3 is 50.5 Å². The molecule has 2 heterocycles. The fourth-order valence-corrected chi connectivity index (χ4v) is 2.30. The van der Waals surface area contributed by atoms with Crippen molar-refractivity contribution < 1.29 is 23.0 Å². The summed E-state index contributed by atoms with van der Waals surface area (Å²) in [6.07, 6.45) is 4.50. The van der Waals surface area contributed by atoms with Crippen LogP contribution in [0.5, 0.6) is 0 Å². The van der Waals surface area contributed by atoms with Crippen molar-refractivity contribution in [2.45, 2.75) is 12.8 Å². The van der Waals surface area contributed by atoms with E-state index in [2.05, 4.69) is 89.1 Å². The van der Waals surface area contributed by atoms with Crippen molar-refractivity contribution in [1.29, 1.82) is 0 Å². The second-order valence-corrected chi connectivity index (χ2v) is 21.2. The number of fused-ring (bicyclic) bond motifs is 1. The molecule has 106 valence electrons. The molecule has 0 spiro atoms. The zero-order valence-electron chi connectivity index (χ0n) is 10.2. The predicted octanol–water partition coefficient (Wildman–Crippen LogP) is 1.83. The van der Waals surface area contributed by atoms with Gasteiger partial charge < -0.3 is 4.74 Å². The first-order chi connectivity index (χ1) is 9.29. The number of nitrogens with one attached hydrogen (secondary N) is 1. The molecule has 19 heavy (non-hydrogen) atoms. The Kier molecular flexibility index (Phi) is 11.8. The van der Waals surface area contributed by atoms with Crippen molar-refractivity contribution in [3.05, 3.63) is 40.1 Å². The van der Waals surface area contributed by atoms with Gasteiger partial charge in [0.2, 0.25) is 5.52 Å². The minimum atomic E-state index is 0.530. The van der Waals surface area contributed by atoms with E-state index in [0.29, 0.717) is 13.3 Å². The zero-order chi connectivity index (χ0) is 13.9. The van der Waals surface area contributed by atoms with Gasteiger partial charge in [0, 0.05) is 24.7 Å². The van der Waals surface area contributed by atoms with Crippen LogP contribution in [0.2, 0.25) is 0 Å². The minimum Gasteiger partial charge on any atom is -0.210 e. The molecule has 0 bridgehead atoms. The van der Waals surface area contributed by atoms with Crippen molar-refractivity contribution in [3.63, 3.8) is 0 Å². The van der Waals surface area contributed by atoms with Gasteiger partial charge in [-0.3, -0.25) is 0 Å². The second-order valence-electron chi connectivity index (χ2n) is 3.75. The standard InChI is InChI=1S/C9H6IN.C4H8O.I3/c10-8-5-1-3-7-4-2-6-11-9(7)8;1-2-4-5-3-1;1-3-2/h1-6H;1-4H2;/q;;-1/p+1. The Bertz CT molecular complexity index is 464. The molecule has 0 saturated carbocycles. The van der Waals surface area contributed by atoms with Gasteiger partial charge in [-0.1, -0.05) is 6.07 Å². The number of halogens is 4. The fourth-order valence-electron chi connectivity index (χ4n) is 1.63. The molecular weight excluding hydrogens is 694 g/mol. The number of pyridine rings is 1. The minimum absolute atomic E-state index is 0.530. The van der Waals surface area contributed by atoms with Crippen LogP contribution in [0.1, 0.15) is 12.8 Å². The molecule has 0 radical (unpaired) electrons. The van der Waals surface area contributed by atoms with Gasteiger partial charge in [0.25, 0.3) is 0 Å².